The topological polar surface area (TPSA) is 136 Å². The van der Waals surface area contributed by atoms with Gasteiger partial charge in [0.05, 0.1) is 34.5 Å². The molecule has 1 fully saturated rings. The number of aromatic nitrogens is 2. The van der Waals surface area contributed by atoms with Crippen LogP contribution < -0.4 is 21.7 Å². The monoisotopic (exact) mass is 482 g/mol. The van der Waals surface area contributed by atoms with E-state index in [1.54, 1.807) is 12.3 Å². The summed E-state index contributed by atoms with van der Waals surface area (Å²) >= 11 is 0. The summed E-state index contributed by atoms with van der Waals surface area (Å²) in [6.45, 7) is 3.04. The number of nitrogens with zero attached hydrogens (tertiary/aromatic N) is 3. The molecule has 182 valence electrons. The van der Waals surface area contributed by atoms with Crippen molar-refractivity contribution < 1.29 is 23.1 Å². The van der Waals surface area contributed by atoms with Gasteiger partial charge in [0.2, 0.25) is 0 Å². The van der Waals surface area contributed by atoms with E-state index < -0.39 is 23.6 Å². The number of rotatable bonds is 5. The first-order chi connectivity index (χ1) is 16.7. The molecule has 0 saturated carbocycles. The van der Waals surface area contributed by atoms with Crippen LogP contribution in [0.5, 0.6) is 0 Å². The van der Waals surface area contributed by atoms with Gasteiger partial charge in [-0.15, -0.1) is 0 Å². The van der Waals surface area contributed by atoms with E-state index in [1.165, 1.54) is 24.4 Å². The molecule has 5 N–H and O–H groups in total. The van der Waals surface area contributed by atoms with E-state index in [-0.39, 0.29) is 34.7 Å². The Labute approximate surface area is 200 Å². The molecular formula is C24H24F2N6O3. The zero-order valence-electron chi connectivity index (χ0n) is 18.9. The zero-order valence-corrected chi connectivity index (χ0v) is 18.9. The summed E-state index contributed by atoms with van der Waals surface area (Å²) in [5, 5.41) is 2.75. The minimum Gasteiger partial charge on any atom is -0.446 e. The van der Waals surface area contributed by atoms with Gasteiger partial charge < -0.3 is 26.4 Å². The van der Waals surface area contributed by atoms with Gasteiger partial charge in [0, 0.05) is 31.6 Å². The molecule has 9 nitrogen and oxygen atoms in total. The van der Waals surface area contributed by atoms with E-state index in [0.29, 0.717) is 30.9 Å². The number of primary amides is 1. The normalized spacial score (nSPS) is 17.6. The molecule has 1 aliphatic rings. The number of hydrogen-bond acceptors (Lipinski definition) is 7. The van der Waals surface area contributed by atoms with Crippen LogP contribution in [0, 0.1) is 17.6 Å². The van der Waals surface area contributed by atoms with Crippen LogP contribution in [0.1, 0.15) is 23.8 Å². The Morgan fingerprint density at radius 1 is 1.17 bits per heavy atom. The van der Waals surface area contributed by atoms with E-state index in [9.17, 15) is 18.4 Å². The maximum absolute atomic E-state index is 14.2. The second kappa shape index (κ2) is 9.92. The number of halogens is 2. The molecule has 4 rings (SSSR count). The van der Waals surface area contributed by atoms with Gasteiger partial charge in [-0.1, -0.05) is 13.0 Å². The second-order valence-electron chi connectivity index (χ2n) is 8.27. The van der Waals surface area contributed by atoms with E-state index in [2.05, 4.69) is 15.3 Å². The lowest BCUT2D eigenvalue weighted by atomic mass is 9.96. The van der Waals surface area contributed by atoms with Gasteiger partial charge in [0.25, 0.3) is 5.91 Å². The molecule has 3 heterocycles. The molecule has 0 aliphatic carbocycles. The molecule has 0 unspecified atom stereocenters. The minimum atomic E-state index is -0.810. The highest BCUT2D eigenvalue weighted by Gasteiger charge is 2.30. The number of piperidine rings is 1. The molecule has 35 heavy (non-hydrogen) atoms. The van der Waals surface area contributed by atoms with Gasteiger partial charge in [-0.25, -0.2) is 18.6 Å². The molecule has 2 amide bonds. The highest BCUT2D eigenvalue weighted by molar-refractivity contribution is 6.08. The van der Waals surface area contributed by atoms with Crippen LogP contribution >= 0.6 is 0 Å². The molecular weight excluding hydrogens is 458 g/mol. The molecule has 3 aromatic rings. The van der Waals surface area contributed by atoms with Crippen molar-refractivity contribution in [2.45, 2.75) is 19.4 Å². The number of ether oxygens (including phenoxy) is 1. The van der Waals surface area contributed by atoms with Crippen LogP contribution in [0.15, 0.2) is 48.8 Å². The van der Waals surface area contributed by atoms with E-state index in [1.807, 2.05) is 11.8 Å². The summed E-state index contributed by atoms with van der Waals surface area (Å²) in [7, 11) is 0. The Morgan fingerprint density at radius 3 is 2.60 bits per heavy atom. The first-order valence-electron chi connectivity index (χ1n) is 10.9. The van der Waals surface area contributed by atoms with Crippen LogP contribution in [0.2, 0.25) is 0 Å². The van der Waals surface area contributed by atoms with Crippen molar-refractivity contribution in [3.8, 4) is 11.3 Å². The molecule has 2 aromatic heterocycles. The number of carbonyl (C=O) groups excluding carboxylic acids is 2. The van der Waals surface area contributed by atoms with Crippen molar-refractivity contribution >= 4 is 29.1 Å². The lowest BCUT2D eigenvalue weighted by Gasteiger charge is -2.38. The fourth-order valence-electron chi connectivity index (χ4n) is 4.14. The van der Waals surface area contributed by atoms with Gasteiger partial charge >= 0.3 is 6.09 Å². The lowest BCUT2D eigenvalue weighted by molar-refractivity contribution is 0.0614. The Bertz CT molecular complexity index is 1250. The van der Waals surface area contributed by atoms with Gasteiger partial charge in [0.1, 0.15) is 17.7 Å². The van der Waals surface area contributed by atoms with Gasteiger partial charge in [0.15, 0.2) is 5.69 Å². The summed E-state index contributed by atoms with van der Waals surface area (Å²) in [5.74, 6) is -2.27. The lowest BCUT2D eigenvalue weighted by Crippen LogP contribution is -2.44. The van der Waals surface area contributed by atoms with Crippen molar-refractivity contribution in [2.24, 2.45) is 11.7 Å². The molecule has 2 atom stereocenters. The van der Waals surface area contributed by atoms with E-state index in [0.717, 1.165) is 12.1 Å². The van der Waals surface area contributed by atoms with Crippen molar-refractivity contribution in [3.63, 3.8) is 0 Å². The Hall–Kier alpha value is -4.28. The summed E-state index contributed by atoms with van der Waals surface area (Å²) < 4.78 is 33.7. The Morgan fingerprint density at radius 2 is 1.91 bits per heavy atom. The van der Waals surface area contributed by atoms with Gasteiger partial charge in [-0.2, -0.15) is 0 Å². The number of anilines is 3. The maximum atomic E-state index is 14.2. The number of hydrogen-bond donors (Lipinski definition) is 3. The molecule has 1 aliphatic heterocycles. The largest absolute Gasteiger partial charge is 0.446 e. The summed E-state index contributed by atoms with van der Waals surface area (Å²) in [6.07, 6.45) is 2.53. The highest BCUT2D eigenvalue weighted by Crippen LogP contribution is 2.31. The molecule has 0 bridgehead atoms. The molecule has 0 spiro atoms. The highest BCUT2D eigenvalue weighted by atomic mass is 19.1. The average Bonchev–Trinajstić information content (AvgIpc) is 2.81. The van der Waals surface area contributed by atoms with Gasteiger partial charge in [-0.05, 0) is 30.3 Å². The quantitative estimate of drug-likeness (QED) is 0.506. The smallest absolute Gasteiger partial charge is 0.404 e. The second-order valence-corrected chi connectivity index (χ2v) is 8.27. The fraction of sp³-hybridized carbons (Fsp3) is 0.250. The maximum Gasteiger partial charge on any atom is 0.404 e. The van der Waals surface area contributed by atoms with Crippen LogP contribution in [0.4, 0.5) is 30.6 Å². The number of nitrogen functional groups attached to an aromatic ring is 1. The standard InChI is InChI=1S/C24H24F2N6O3/c1-13-12-32(10-8-20(13)35-24(28)34)19-7-9-29-11-18(19)31-23(33)22-16(27)5-6-17(30-22)21-14(25)3-2-4-15(21)26/h2-7,9,11,13,20H,8,10,12,27H2,1H3,(H2,28,34)(H,31,33)/t13-,20+/m0/s1. The van der Waals surface area contributed by atoms with E-state index >= 15 is 0 Å². The number of carbonyl (C=O) groups is 2. The summed E-state index contributed by atoms with van der Waals surface area (Å²) in [5.41, 5.74) is 11.7. The fourth-order valence-corrected chi connectivity index (χ4v) is 4.14. The molecule has 1 saturated heterocycles. The van der Waals surface area contributed by atoms with E-state index in [4.69, 9.17) is 16.2 Å². The summed E-state index contributed by atoms with van der Waals surface area (Å²) in [6, 6.07) is 7.93. The Kier molecular flexibility index (Phi) is 6.76. The molecule has 11 heteroatoms. The molecule has 1 aromatic carbocycles. The molecule has 0 radical (unpaired) electrons. The minimum absolute atomic E-state index is 0.00220. The first kappa shape index (κ1) is 23.9. The van der Waals surface area contributed by atoms with Crippen LogP contribution in [0.3, 0.4) is 0 Å². The Balaban J connectivity index is 1.58. The summed E-state index contributed by atoms with van der Waals surface area (Å²) in [4.78, 5) is 34.5. The predicted molar refractivity (Wildman–Crippen MR) is 127 cm³/mol. The number of amides is 2. The van der Waals surface area contributed by atoms with Gasteiger partial charge in [-0.3, -0.25) is 9.78 Å². The van der Waals surface area contributed by atoms with Crippen LogP contribution in [0.25, 0.3) is 11.3 Å². The van der Waals surface area contributed by atoms with Crippen LogP contribution in [-0.2, 0) is 4.74 Å². The average molecular weight is 482 g/mol. The third kappa shape index (κ3) is 5.13. The predicted octanol–water partition coefficient (Wildman–Crippen LogP) is 3.57. The third-order valence-electron chi connectivity index (χ3n) is 5.84. The van der Waals surface area contributed by atoms with Crippen molar-refractivity contribution in [3.05, 3.63) is 66.1 Å². The number of pyridine rings is 2. The van der Waals surface area contributed by atoms with Crippen molar-refractivity contribution in [1.29, 1.82) is 0 Å². The first-order valence-corrected chi connectivity index (χ1v) is 10.9. The van der Waals surface area contributed by atoms with Crippen molar-refractivity contribution in [1.82, 2.24) is 9.97 Å². The number of benzene rings is 1. The third-order valence-corrected chi connectivity index (χ3v) is 5.84. The number of nitrogens with one attached hydrogen (secondary N) is 1. The zero-order chi connectivity index (χ0) is 25.1. The van der Waals surface area contributed by atoms with Crippen LogP contribution in [-0.4, -0.2) is 41.2 Å². The number of nitrogens with two attached hydrogens (primary N) is 2. The van der Waals surface area contributed by atoms with Crippen molar-refractivity contribution in [2.75, 3.05) is 29.0 Å². The SMILES string of the molecule is C[C@H]1CN(c2ccncc2NC(=O)c2nc(-c3c(F)cccc3F)ccc2N)CC[C@H]1OC(N)=O.